The molecule has 3 heterocycles. The van der Waals surface area contributed by atoms with Gasteiger partial charge in [0.2, 0.25) is 0 Å². The Morgan fingerprint density at radius 2 is 1.96 bits per heavy atom. The third-order valence-corrected chi connectivity index (χ3v) is 6.52. The van der Waals surface area contributed by atoms with E-state index in [0.717, 1.165) is 52.3 Å². The van der Waals surface area contributed by atoms with Gasteiger partial charge in [0.15, 0.2) is 10.1 Å². The van der Waals surface area contributed by atoms with Crippen molar-refractivity contribution in [1.29, 1.82) is 0 Å². The quantitative estimate of drug-likeness (QED) is 0.520. The first kappa shape index (κ1) is 17.6. The van der Waals surface area contributed by atoms with Gasteiger partial charge in [-0.2, -0.15) is 0 Å². The number of amides is 1. The summed E-state index contributed by atoms with van der Waals surface area (Å²) >= 11 is 9.14. The van der Waals surface area contributed by atoms with Crippen LogP contribution in [0.1, 0.15) is 29.2 Å². The maximum absolute atomic E-state index is 12.3. The van der Waals surface area contributed by atoms with Crippen molar-refractivity contribution >= 4 is 40.6 Å². The number of carbonyl (C=O) groups excluding carboxylic acids is 1. The Balaban J connectivity index is 1.37. The number of nitrogens with zero attached hydrogens (tertiary/aromatic N) is 2. The van der Waals surface area contributed by atoms with E-state index >= 15 is 0 Å². The molecule has 1 aliphatic heterocycles. The molecule has 4 nitrogen and oxygen atoms in total. The fraction of sp³-hybridized carbons (Fsp3) is 0.263. The Kier molecular flexibility index (Phi) is 5.33. The number of thiazole rings is 1. The molecule has 0 radical (unpaired) electrons. The normalized spacial score (nSPS) is 14.1. The van der Waals surface area contributed by atoms with Crippen molar-refractivity contribution in [2.75, 3.05) is 13.1 Å². The van der Waals surface area contributed by atoms with Gasteiger partial charge < -0.3 is 9.32 Å². The van der Waals surface area contributed by atoms with Crippen LogP contribution in [0.5, 0.6) is 0 Å². The Bertz CT molecular complexity index is 898. The second-order valence-corrected chi connectivity index (χ2v) is 8.58. The summed E-state index contributed by atoms with van der Waals surface area (Å²) in [7, 11) is 0. The molecule has 0 atom stereocenters. The molecule has 0 unspecified atom stereocenters. The minimum atomic E-state index is -0.00183. The van der Waals surface area contributed by atoms with Crippen LogP contribution in [0.2, 0.25) is 5.02 Å². The summed E-state index contributed by atoms with van der Waals surface area (Å²) < 4.78 is 6.71. The lowest BCUT2D eigenvalue weighted by Gasteiger charge is -2.12. The van der Waals surface area contributed by atoms with Crippen LogP contribution >= 0.6 is 34.7 Å². The highest BCUT2D eigenvalue weighted by Gasteiger charge is 2.22. The molecule has 1 fully saturated rings. The Labute approximate surface area is 165 Å². The van der Waals surface area contributed by atoms with Crippen LogP contribution in [0, 0.1) is 0 Å². The molecule has 7 heteroatoms. The molecule has 0 aliphatic carbocycles. The van der Waals surface area contributed by atoms with Gasteiger partial charge in [-0.3, -0.25) is 4.79 Å². The maximum atomic E-state index is 12.3. The summed E-state index contributed by atoms with van der Waals surface area (Å²) in [6.07, 6.45) is 2.16. The van der Waals surface area contributed by atoms with Gasteiger partial charge in [-0.15, -0.1) is 11.3 Å². The van der Waals surface area contributed by atoms with Gasteiger partial charge in [-0.25, -0.2) is 4.98 Å². The van der Waals surface area contributed by atoms with E-state index in [9.17, 15) is 4.79 Å². The Hall–Kier alpha value is -1.76. The zero-order chi connectivity index (χ0) is 17.9. The Morgan fingerprint density at radius 3 is 2.73 bits per heavy atom. The van der Waals surface area contributed by atoms with Gasteiger partial charge in [0.05, 0.1) is 11.4 Å². The predicted octanol–water partition coefficient (Wildman–Crippen LogP) is 5.58. The molecule has 134 valence electrons. The average molecular weight is 405 g/mol. The molecule has 1 aromatic carbocycles. The van der Waals surface area contributed by atoms with Gasteiger partial charge in [0, 0.05) is 29.1 Å². The summed E-state index contributed by atoms with van der Waals surface area (Å²) in [5, 5.41) is 2.76. The smallest absolute Gasteiger partial charge is 0.289 e. The molecule has 1 amide bonds. The number of hydrogen-bond acceptors (Lipinski definition) is 5. The molecular formula is C19H17ClN2O2S2. The first-order valence-corrected chi connectivity index (χ1v) is 10.7. The number of likely N-dealkylation sites (tertiary alicyclic amines) is 1. The summed E-state index contributed by atoms with van der Waals surface area (Å²) in [6, 6.07) is 11.3. The standard InChI is InChI=1S/C19H17ClN2O2S2/c20-14-5-3-13(4-6-14)16-12-26-19(21-16)25-11-15-7-8-17(24-15)18(23)22-9-1-2-10-22/h3-8,12H,1-2,9-11H2. The topological polar surface area (TPSA) is 46.3 Å². The molecule has 3 aromatic rings. The zero-order valence-corrected chi connectivity index (χ0v) is 16.4. The van der Waals surface area contributed by atoms with Gasteiger partial charge in [0.1, 0.15) is 5.76 Å². The van der Waals surface area contributed by atoms with Crippen molar-refractivity contribution in [1.82, 2.24) is 9.88 Å². The number of aromatic nitrogens is 1. The lowest BCUT2D eigenvalue weighted by molar-refractivity contribution is 0.0760. The van der Waals surface area contributed by atoms with Crippen LogP contribution in [-0.4, -0.2) is 28.9 Å². The van der Waals surface area contributed by atoms with Crippen LogP contribution in [0.25, 0.3) is 11.3 Å². The Morgan fingerprint density at radius 1 is 1.19 bits per heavy atom. The van der Waals surface area contributed by atoms with E-state index < -0.39 is 0 Å². The van der Waals surface area contributed by atoms with E-state index in [1.807, 2.05) is 40.6 Å². The molecular weight excluding hydrogens is 388 g/mol. The van der Waals surface area contributed by atoms with Crippen molar-refractivity contribution in [3.63, 3.8) is 0 Å². The van der Waals surface area contributed by atoms with Crippen molar-refractivity contribution in [2.45, 2.75) is 22.9 Å². The van der Waals surface area contributed by atoms with E-state index in [2.05, 4.69) is 4.98 Å². The van der Waals surface area contributed by atoms with Crippen molar-refractivity contribution in [3.8, 4) is 11.3 Å². The molecule has 0 bridgehead atoms. The van der Waals surface area contributed by atoms with Gasteiger partial charge in [-0.05, 0) is 37.1 Å². The summed E-state index contributed by atoms with van der Waals surface area (Å²) in [6.45, 7) is 1.66. The largest absolute Gasteiger partial charge is 0.455 e. The van der Waals surface area contributed by atoms with Crippen molar-refractivity contribution < 1.29 is 9.21 Å². The highest BCUT2D eigenvalue weighted by molar-refractivity contribution is 8.00. The molecule has 1 saturated heterocycles. The summed E-state index contributed by atoms with van der Waals surface area (Å²) in [4.78, 5) is 18.8. The van der Waals surface area contributed by atoms with Crippen LogP contribution < -0.4 is 0 Å². The summed E-state index contributed by atoms with van der Waals surface area (Å²) in [5.41, 5.74) is 1.99. The van der Waals surface area contributed by atoms with Crippen molar-refractivity contribution in [2.24, 2.45) is 0 Å². The minimum Gasteiger partial charge on any atom is -0.455 e. The molecule has 1 aliphatic rings. The van der Waals surface area contributed by atoms with Crippen LogP contribution in [0.4, 0.5) is 0 Å². The molecule has 26 heavy (non-hydrogen) atoms. The van der Waals surface area contributed by atoms with E-state index in [-0.39, 0.29) is 5.91 Å². The van der Waals surface area contributed by atoms with E-state index in [1.165, 1.54) is 0 Å². The fourth-order valence-electron chi connectivity index (χ4n) is 2.86. The molecule has 4 rings (SSSR count). The van der Waals surface area contributed by atoms with Gasteiger partial charge in [-0.1, -0.05) is 35.5 Å². The van der Waals surface area contributed by atoms with Gasteiger partial charge in [0.25, 0.3) is 5.91 Å². The molecule has 2 aromatic heterocycles. The lowest BCUT2D eigenvalue weighted by atomic mass is 10.2. The molecule has 0 spiro atoms. The monoisotopic (exact) mass is 404 g/mol. The first-order chi connectivity index (χ1) is 12.7. The molecule has 0 N–H and O–H groups in total. The number of carbonyl (C=O) groups is 1. The number of thioether (sulfide) groups is 1. The maximum Gasteiger partial charge on any atom is 0.289 e. The zero-order valence-electron chi connectivity index (χ0n) is 14.0. The van der Waals surface area contributed by atoms with Crippen molar-refractivity contribution in [3.05, 3.63) is 58.3 Å². The van der Waals surface area contributed by atoms with E-state index in [4.69, 9.17) is 16.0 Å². The minimum absolute atomic E-state index is 0.00183. The lowest BCUT2D eigenvalue weighted by Crippen LogP contribution is -2.27. The second kappa shape index (κ2) is 7.86. The fourth-order valence-corrected chi connectivity index (χ4v) is 4.71. The highest BCUT2D eigenvalue weighted by Crippen LogP contribution is 2.31. The second-order valence-electron chi connectivity index (χ2n) is 6.06. The van der Waals surface area contributed by atoms with Crippen LogP contribution in [0.3, 0.4) is 0 Å². The van der Waals surface area contributed by atoms with Gasteiger partial charge >= 0.3 is 0 Å². The third-order valence-electron chi connectivity index (χ3n) is 4.23. The number of hydrogen-bond donors (Lipinski definition) is 0. The highest BCUT2D eigenvalue weighted by atomic mass is 35.5. The third kappa shape index (κ3) is 3.98. The van der Waals surface area contributed by atoms with E-state index in [1.54, 1.807) is 29.2 Å². The van der Waals surface area contributed by atoms with E-state index in [0.29, 0.717) is 11.5 Å². The summed E-state index contributed by atoms with van der Waals surface area (Å²) in [5.74, 6) is 1.88. The first-order valence-electron chi connectivity index (χ1n) is 8.41. The average Bonchev–Trinajstić information content (AvgIpc) is 3.41. The predicted molar refractivity (Wildman–Crippen MR) is 106 cm³/mol. The number of furan rings is 1. The molecule has 0 saturated carbocycles. The number of halogens is 1. The number of rotatable bonds is 5. The van der Waals surface area contributed by atoms with Crippen LogP contribution in [-0.2, 0) is 5.75 Å². The number of benzene rings is 1. The SMILES string of the molecule is O=C(c1ccc(CSc2nc(-c3ccc(Cl)cc3)cs2)o1)N1CCCC1. The van der Waals surface area contributed by atoms with Crippen LogP contribution in [0.15, 0.2) is 50.5 Å².